The van der Waals surface area contributed by atoms with E-state index in [4.69, 9.17) is 5.11 Å². The molecule has 0 saturated heterocycles. The number of carbonyl (C=O) groups excluding carboxylic acids is 2. The van der Waals surface area contributed by atoms with Crippen molar-refractivity contribution < 1.29 is 23.1 Å². The lowest BCUT2D eigenvalue weighted by molar-refractivity contribution is -0.122. The Kier molecular flexibility index (Phi) is 3.78. The maximum absolute atomic E-state index is 12.6. The standard InChI is InChI=1S/C15H18N2O5S/c18-10-16-14(6-7-14)13(20)17-23(21,22)15(8-9-15)12(19)11-4-2-1-3-5-11/h1-5,16,18H,6-10H2,(H,17,20). The molecule has 0 unspecified atom stereocenters. The van der Waals surface area contributed by atoms with E-state index in [1.54, 1.807) is 30.3 Å². The highest BCUT2D eigenvalue weighted by molar-refractivity contribution is 7.92. The molecule has 124 valence electrons. The lowest BCUT2D eigenvalue weighted by Crippen LogP contribution is -2.52. The molecule has 0 atom stereocenters. The number of hydrogen-bond acceptors (Lipinski definition) is 6. The first-order valence-corrected chi connectivity index (χ1v) is 8.88. The minimum absolute atomic E-state index is 0.198. The number of amides is 1. The molecule has 1 aromatic carbocycles. The molecule has 2 aliphatic rings. The van der Waals surface area contributed by atoms with Crippen LogP contribution in [0.1, 0.15) is 36.0 Å². The van der Waals surface area contributed by atoms with Gasteiger partial charge in [-0.1, -0.05) is 30.3 Å². The van der Waals surface area contributed by atoms with E-state index in [0.29, 0.717) is 18.4 Å². The zero-order chi connectivity index (χ0) is 16.7. The van der Waals surface area contributed by atoms with Crippen molar-refractivity contribution in [2.75, 3.05) is 6.73 Å². The molecular formula is C15H18N2O5S. The highest BCUT2D eigenvalue weighted by Crippen LogP contribution is 2.46. The summed E-state index contributed by atoms with van der Waals surface area (Å²) < 4.78 is 25.6. The van der Waals surface area contributed by atoms with Crippen LogP contribution in [-0.2, 0) is 14.8 Å². The van der Waals surface area contributed by atoms with Crippen molar-refractivity contribution in [3.8, 4) is 0 Å². The number of carbonyl (C=O) groups is 2. The van der Waals surface area contributed by atoms with Gasteiger partial charge in [-0.3, -0.25) is 19.6 Å². The molecule has 2 aliphatic carbocycles. The summed E-state index contributed by atoms with van der Waals surface area (Å²) in [6, 6.07) is 8.20. The van der Waals surface area contributed by atoms with Gasteiger partial charge in [0.2, 0.25) is 10.0 Å². The molecule has 0 aromatic heterocycles. The van der Waals surface area contributed by atoms with Crippen LogP contribution in [0.2, 0.25) is 0 Å². The fourth-order valence-corrected chi connectivity index (χ4v) is 4.30. The molecule has 2 saturated carbocycles. The average molecular weight is 338 g/mol. The topological polar surface area (TPSA) is 113 Å². The first-order chi connectivity index (χ1) is 10.9. The molecule has 7 nitrogen and oxygen atoms in total. The Hall–Kier alpha value is -1.77. The number of aliphatic hydroxyl groups excluding tert-OH is 1. The van der Waals surface area contributed by atoms with Gasteiger partial charge in [-0.2, -0.15) is 0 Å². The Labute approximate surface area is 134 Å². The van der Waals surface area contributed by atoms with Gasteiger partial charge in [0.1, 0.15) is 5.54 Å². The number of rotatable bonds is 7. The second-order valence-electron chi connectivity index (χ2n) is 6.04. The Morgan fingerprint density at radius 3 is 2.17 bits per heavy atom. The molecule has 0 heterocycles. The van der Waals surface area contributed by atoms with Gasteiger partial charge in [-0.05, 0) is 25.7 Å². The molecule has 1 aromatic rings. The molecule has 0 radical (unpaired) electrons. The number of benzene rings is 1. The van der Waals surface area contributed by atoms with Crippen molar-refractivity contribution in [3.63, 3.8) is 0 Å². The minimum Gasteiger partial charge on any atom is -0.381 e. The van der Waals surface area contributed by atoms with Crippen LogP contribution in [0.15, 0.2) is 30.3 Å². The van der Waals surface area contributed by atoms with E-state index in [0.717, 1.165) is 0 Å². The van der Waals surface area contributed by atoms with Crippen LogP contribution in [0, 0.1) is 0 Å². The molecule has 0 bridgehead atoms. The van der Waals surface area contributed by atoms with Gasteiger partial charge in [0.25, 0.3) is 5.91 Å². The number of sulfonamides is 1. The summed E-state index contributed by atoms with van der Waals surface area (Å²) >= 11 is 0. The van der Waals surface area contributed by atoms with Crippen LogP contribution in [0.3, 0.4) is 0 Å². The van der Waals surface area contributed by atoms with E-state index in [1.807, 2.05) is 4.72 Å². The van der Waals surface area contributed by atoms with Crippen molar-refractivity contribution in [2.45, 2.75) is 36.0 Å². The number of Topliss-reactive ketones (excluding diaryl/α,β-unsaturated/α-hetero) is 1. The van der Waals surface area contributed by atoms with Crippen LogP contribution in [0.5, 0.6) is 0 Å². The third-order valence-corrected chi connectivity index (χ3v) is 6.57. The van der Waals surface area contributed by atoms with E-state index in [9.17, 15) is 18.0 Å². The SMILES string of the molecule is O=C(NS(=O)(=O)C1(C(=O)c2ccccc2)CC1)C1(NCO)CC1. The monoisotopic (exact) mass is 338 g/mol. The van der Waals surface area contributed by atoms with E-state index < -0.39 is 38.7 Å². The molecular weight excluding hydrogens is 320 g/mol. The molecule has 3 N–H and O–H groups in total. The van der Waals surface area contributed by atoms with Crippen molar-refractivity contribution >= 4 is 21.7 Å². The molecule has 1 amide bonds. The van der Waals surface area contributed by atoms with Gasteiger partial charge < -0.3 is 5.11 Å². The number of nitrogens with one attached hydrogen (secondary N) is 2. The zero-order valence-electron chi connectivity index (χ0n) is 12.4. The molecule has 0 spiro atoms. The second kappa shape index (κ2) is 5.40. The van der Waals surface area contributed by atoms with Gasteiger partial charge in [-0.15, -0.1) is 0 Å². The highest BCUT2D eigenvalue weighted by atomic mass is 32.2. The Balaban J connectivity index is 1.80. The number of hydrogen-bond donors (Lipinski definition) is 3. The summed E-state index contributed by atoms with van der Waals surface area (Å²) in [6.45, 7) is -0.415. The summed E-state index contributed by atoms with van der Waals surface area (Å²) in [5.41, 5.74) is -0.717. The third-order valence-electron chi connectivity index (χ3n) is 4.50. The van der Waals surface area contributed by atoms with Crippen LogP contribution < -0.4 is 10.0 Å². The summed E-state index contributed by atoms with van der Waals surface area (Å²) in [5, 5.41) is 11.5. The Morgan fingerprint density at radius 2 is 1.70 bits per heavy atom. The van der Waals surface area contributed by atoms with Crippen molar-refractivity contribution in [1.82, 2.24) is 10.0 Å². The molecule has 23 heavy (non-hydrogen) atoms. The average Bonchev–Trinajstić information content (AvgIpc) is 3.41. The smallest absolute Gasteiger partial charge is 0.253 e. The Bertz CT molecular complexity index is 736. The maximum Gasteiger partial charge on any atom is 0.253 e. The predicted molar refractivity (Wildman–Crippen MR) is 82.0 cm³/mol. The summed E-state index contributed by atoms with van der Waals surface area (Å²) in [5.74, 6) is -1.20. The first-order valence-electron chi connectivity index (χ1n) is 7.39. The quantitative estimate of drug-likeness (QED) is 0.473. The summed E-state index contributed by atoms with van der Waals surface area (Å²) in [6.07, 6.45) is 1.30. The van der Waals surface area contributed by atoms with Crippen molar-refractivity contribution in [3.05, 3.63) is 35.9 Å². The lowest BCUT2D eigenvalue weighted by atomic mass is 10.1. The summed E-state index contributed by atoms with van der Waals surface area (Å²) in [7, 11) is -4.13. The lowest BCUT2D eigenvalue weighted by Gasteiger charge is -2.20. The fraction of sp³-hybridized carbons (Fsp3) is 0.467. The van der Waals surface area contributed by atoms with Crippen LogP contribution >= 0.6 is 0 Å². The number of ketones is 1. The maximum atomic E-state index is 12.6. The molecule has 2 fully saturated rings. The van der Waals surface area contributed by atoms with Crippen molar-refractivity contribution in [1.29, 1.82) is 0 Å². The molecule has 8 heteroatoms. The van der Waals surface area contributed by atoms with Crippen LogP contribution in [0.4, 0.5) is 0 Å². The Morgan fingerprint density at radius 1 is 1.09 bits per heavy atom. The van der Waals surface area contributed by atoms with E-state index in [2.05, 4.69) is 5.32 Å². The zero-order valence-corrected chi connectivity index (χ0v) is 13.2. The van der Waals surface area contributed by atoms with E-state index >= 15 is 0 Å². The fourth-order valence-electron chi connectivity index (χ4n) is 2.66. The van der Waals surface area contributed by atoms with Crippen molar-refractivity contribution in [2.24, 2.45) is 0 Å². The third kappa shape index (κ3) is 2.66. The first kappa shape index (κ1) is 16.1. The van der Waals surface area contributed by atoms with Crippen LogP contribution in [-0.4, -0.2) is 42.2 Å². The largest absolute Gasteiger partial charge is 0.381 e. The predicted octanol–water partition coefficient (Wildman–Crippen LogP) is -0.0801. The normalized spacial score (nSPS) is 20.6. The molecule has 3 rings (SSSR count). The number of aliphatic hydroxyl groups is 1. The minimum atomic E-state index is -4.13. The highest BCUT2D eigenvalue weighted by Gasteiger charge is 2.62. The van der Waals surface area contributed by atoms with Gasteiger partial charge in [0, 0.05) is 5.56 Å². The van der Waals surface area contributed by atoms with Gasteiger partial charge in [-0.25, -0.2) is 8.42 Å². The van der Waals surface area contributed by atoms with Gasteiger partial charge >= 0.3 is 0 Å². The summed E-state index contributed by atoms with van der Waals surface area (Å²) in [4.78, 5) is 24.8. The molecule has 0 aliphatic heterocycles. The van der Waals surface area contributed by atoms with Crippen LogP contribution in [0.25, 0.3) is 0 Å². The second-order valence-corrected chi connectivity index (χ2v) is 8.03. The van der Waals surface area contributed by atoms with Gasteiger partial charge in [0.15, 0.2) is 10.5 Å². The van der Waals surface area contributed by atoms with E-state index in [-0.39, 0.29) is 12.8 Å². The van der Waals surface area contributed by atoms with Gasteiger partial charge in [0.05, 0.1) is 6.73 Å². The van der Waals surface area contributed by atoms with E-state index in [1.165, 1.54) is 0 Å².